The molecule has 4 rings (SSSR count). The van der Waals surface area contributed by atoms with Gasteiger partial charge in [-0.25, -0.2) is 9.18 Å². The Labute approximate surface area is 176 Å². The van der Waals surface area contributed by atoms with Gasteiger partial charge in [0.25, 0.3) is 0 Å². The first-order valence-electron chi connectivity index (χ1n) is 9.32. The molecule has 0 atom stereocenters. The van der Waals surface area contributed by atoms with Crippen molar-refractivity contribution in [3.05, 3.63) is 100 Å². The van der Waals surface area contributed by atoms with Gasteiger partial charge >= 0.3 is 5.97 Å². The molecule has 31 heavy (non-hydrogen) atoms. The van der Waals surface area contributed by atoms with Crippen LogP contribution in [-0.2, 0) is 11.3 Å². The van der Waals surface area contributed by atoms with Crippen molar-refractivity contribution in [3.63, 3.8) is 0 Å². The summed E-state index contributed by atoms with van der Waals surface area (Å²) >= 11 is 0. The second-order valence-electron chi connectivity index (χ2n) is 6.62. The fraction of sp³-hybridized carbons (Fsp3) is 0.0833. The fourth-order valence-corrected chi connectivity index (χ4v) is 2.90. The van der Waals surface area contributed by atoms with Crippen LogP contribution in [-0.4, -0.2) is 13.1 Å². The smallest absolute Gasteiger partial charge is 0.337 e. The highest BCUT2D eigenvalue weighted by Crippen LogP contribution is 2.25. The molecular weight excluding hydrogens is 403 g/mol. The standard InChI is InChI=1S/C24H17FO6/c1-28-24(27)16-4-8-18(9-5-16)31-22-14-30-21-12-19(10-11-20(21)23(22)26)29-13-15-2-6-17(25)7-3-15/h2-12,14H,13H2,1H3. The molecule has 7 heteroatoms. The summed E-state index contributed by atoms with van der Waals surface area (Å²) in [6.07, 6.45) is 1.22. The molecule has 0 N–H and O–H groups in total. The molecule has 0 aliphatic rings. The van der Waals surface area contributed by atoms with Crippen LogP contribution in [0, 0.1) is 5.82 Å². The lowest BCUT2D eigenvalue weighted by atomic mass is 10.2. The fourth-order valence-electron chi connectivity index (χ4n) is 2.90. The van der Waals surface area contributed by atoms with Crippen LogP contribution in [0.15, 0.2) is 82.2 Å². The maximum Gasteiger partial charge on any atom is 0.337 e. The Kier molecular flexibility index (Phi) is 5.66. The van der Waals surface area contributed by atoms with E-state index in [9.17, 15) is 14.0 Å². The Morgan fingerprint density at radius 3 is 2.39 bits per heavy atom. The molecule has 6 nitrogen and oxygen atoms in total. The van der Waals surface area contributed by atoms with Gasteiger partial charge in [0.05, 0.1) is 18.1 Å². The zero-order chi connectivity index (χ0) is 21.8. The van der Waals surface area contributed by atoms with Crippen LogP contribution in [0.1, 0.15) is 15.9 Å². The number of ether oxygens (including phenoxy) is 3. The third kappa shape index (κ3) is 4.56. The molecule has 0 amide bonds. The van der Waals surface area contributed by atoms with Crippen molar-refractivity contribution in [3.8, 4) is 17.2 Å². The highest BCUT2D eigenvalue weighted by atomic mass is 19.1. The summed E-state index contributed by atoms with van der Waals surface area (Å²) in [6, 6.07) is 17.0. The van der Waals surface area contributed by atoms with Crippen LogP contribution < -0.4 is 14.9 Å². The zero-order valence-corrected chi connectivity index (χ0v) is 16.5. The van der Waals surface area contributed by atoms with Crippen molar-refractivity contribution >= 4 is 16.9 Å². The first-order chi connectivity index (χ1) is 15.0. The molecule has 156 valence electrons. The van der Waals surface area contributed by atoms with Gasteiger partial charge in [0.2, 0.25) is 11.2 Å². The third-order valence-corrected chi connectivity index (χ3v) is 4.54. The van der Waals surface area contributed by atoms with E-state index in [0.717, 1.165) is 5.56 Å². The minimum atomic E-state index is -0.464. The van der Waals surface area contributed by atoms with Crippen LogP contribution in [0.25, 0.3) is 11.0 Å². The minimum absolute atomic E-state index is 0.0123. The predicted molar refractivity (Wildman–Crippen MR) is 111 cm³/mol. The molecule has 4 aromatic rings. The Morgan fingerprint density at radius 2 is 1.68 bits per heavy atom. The van der Waals surface area contributed by atoms with Crippen molar-refractivity contribution in [1.29, 1.82) is 0 Å². The molecule has 1 heterocycles. The Hall–Kier alpha value is -4.13. The second-order valence-corrected chi connectivity index (χ2v) is 6.62. The molecule has 0 bridgehead atoms. The molecule has 3 aromatic carbocycles. The molecule has 0 saturated heterocycles. The van der Waals surface area contributed by atoms with Gasteiger partial charge in [-0.3, -0.25) is 4.79 Å². The quantitative estimate of drug-likeness (QED) is 0.405. The van der Waals surface area contributed by atoms with Gasteiger partial charge < -0.3 is 18.6 Å². The molecule has 0 aliphatic carbocycles. The second kappa shape index (κ2) is 8.71. The minimum Gasteiger partial charge on any atom is -0.489 e. The topological polar surface area (TPSA) is 75.0 Å². The maximum atomic E-state index is 13.0. The molecule has 0 unspecified atom stereocenters. The maximum absolute atomic E-state index is 13.0. The summed E-state index contributed by atoms with van der Waals surface area (Å²) in [7, 11) is 1.30. The number of halogens is 1. The summed E-state index contributed by atoms with van der Waals surface area (Å²) in [6.45, 7) is 0.249. The lowest BCUT2D eigenvalue weighted by Gasteiger charge is -2.09. The van der Waals surface area contributed by atoms with Crippen molar-refractivity contribution < 1.29 is 27.8 Å². The summed E-state index contributed by atoms with van der Waals surface area (Å²) < 4.78 is 34.5. The van der Waals surface area contributed by atoms with E-state index in [2.05, 4.69) is 4.74 Å². The first kappa shape index (κ1) is 20.2. The van der Waals surface area contributed by atoms with E-state index in [4.69, 9.17) is 13.9 Å². The molecule has 0 spiro atoms. The molecule has 0 aliphatic heterocycles. The van der Waals surface area contributed by atoms with Gasteiger partial charge in [0, 0.05) is 6.07 Å². The van der Waals surface area contributed by atoms with E-state index < -0.39 is 5.97 Å². The number of carbonyl (C=O) groups is 1. The Bertz CT molecular complexity index is 1280. The molecule has 0 saturated carbocycles. The molecule has 0 radical (unpaired) electrons. The number of hydrogen-bond donors (Lipinski definition) is 0. The van der Waals surface area contributed by atoms with Gasteiger partial charge in [-0.05, 0) is 54.1 Å². The van der Waals surface area contributed by atoms with Gasteiger partial charge in [-0.1, -0.05) is 12.1 Å². The summed E-state index contributed by atoms with van der Waals surface area (Å²) in [5, 5.41) is 0.331. The Balaban J connectivity index is 1.51. The van der Waals surface area contributed by atoms with Gasteiger partial charge in [-0.15, -0.1) is 0 Å². The molecule has 0 fully saturated rings. The van der Waals surface area contributed by atoms with Gasteiger partial charge in [0.15, 0.2) is 0 Å². The number of methoxy groups -OCH3 is 1. The largest absolute Gasteiger partial charge is 0.489 e. The van der Waals surface area contributed by atoms with E-state index in [1.165, 1.54) is 37.6 Å². The van der Waals surface area contributed by atoms with Crippen LogP contribution in [0.5, 0.6) is 17.2 Å². The van der Waals surface area contributed by atoms with Crippen LogP contribution in [0.2, 0.25) is 0 Å². The average Bonchev–Trinajstić information content (AvgIpc) is 2.80. The average molecular weight is 420 g/mol. The number of esters is 1. The number of rotatable bonds is 6. The lowest BCUT2D eigenvalue weighted by Crippen LogP contribution is -2.05. The zero-order valence-electron chi connectivity index (χ0n) is 16.5. The highest BCUT2D eigenvalue weighted by Gasteiger charge is 2.11. The highest BCUT2D eigenvalue weighted by molar-refractivity contribution is 5.89. The van der Waals surface area contributed by atoms with Crippen LogP contribution >= 0.6 is 0 Å². The van der Waals surface area contributed by atoms with E-state index in [1.54, 1.807) is 42.5 Å². The molecular formula is C24H17FO6. The van der Waals surface area contributed by atoms with Crippen molar-refractivity contribution in [2.24, 2.45) is 0 Å². The third-order valence-electron chi connectivity index (χ3n) is 4.54. The lowest BCUT2D eigenvalue weighted by molar-refractivity contribution is 0.0600. The van der Waals surface area contributed by atoms with E-state index in [-0.39, 0.29) is 23.6 Å². The van der Waals surface area contributed by atoms with Crippen molar-refractivity contribution in [1.82, 2.24) is 0 Å². The van der Waals surface area contributed by atoms with Gasteiger partial charge in [-0.2, -0.15) is 0 Å². The normalized spacial score (nSPS) is 10.6. The van der Waals surface area contributed by atoms with E-state index in [0.29, 0.717) is 28.0 Å². The number of benzene rings is 3. The number of fused-ring (bicyclic) bond motifs is 1. The van der Waals surface area contributed by atoms with Crippen LogP contribution in [0.4, 0.5) is 4.39 Å². The summed E-state index contributed by atoms with van der Waals surface area (Å²) in [5.74, 6) is 0.117. The monoisotopic (exact) mass is 420 g/mol. The molecule has 1 aromatic heterocycles. The van der Waals surface area contributed by atoms with Crippen molar-refractivity contribution in [2.75, 3.05) is 7.11 Å². The number of carbonyl (C=O) groups excluding carboxylic acids is 1. The van der Waals surface area contributed by atoms with Gasteiger partial charge in [0.1, 0.15) is 35.8 Å². The number of hydrogen-bond acceptors (Lipinski definition) is 6. The van der Waals surface area contributed by atoms with E-state index >= 15 is 0 Å². The summed E-state index contributed by atoms with van der Waals surface area (Å²) in [4.78, 5) is 24.2. The predicted octanol–water partition coefficient (Wildman–Crippen LogP) is 5.09. The van der Waals surface area contributed by atoms with Crippen LogP contribution in [0.3, 0.4) is 0 Å². The first-order valence-corrected chi connectivity index (χ1v) is 9.32. The SMILES string of the molecule is COC(=O)c1ccc(Oc2coc3cc(OCc4ccc(F)cc4)ccc3c2=O)cc1. The Morgan fingerprint density at radius 1 is 0.968 bits per heavy atom. The summed E-state index contributed by atoms with van der Waals surface area (Å²) in [5.41, 5.74) is 1.18. The van der Waals surface area contributed by atoms with E-state index in [1.807, 2.05) is 0 Å². The van der Waals surface area contributed by atoms with Crippen molar-refractivity contribution in [2.45, 2.75) is 6.61 Å².